The molecule has 0 aromatic carbocycles. The Balaban J connectivity index is 2.10. The molecule has 1 aliphatic carbocycles. The molecule has 2 rings (SSSR count). The van der Waals surface area contributed by atoms with Gasteiger partial charge in [0.25, 0.3) is 0 Å². The Morgan fingerprint density at radius 2 is 2.13 bits per heavy atom. The van der Waals surface area contributed by atoms with Crippen LogP contribution >= 0.6 is 0 Å². The molecule has 0 saturated heterocycles. The topological polar surface area (TPSA) is 56.7 Å². The molecule has 1 aromatic rings. The number of rotatable bonds is 3. The minimum absolute atomic E-state index is 0.291. The highest BCUT2D eigenvalue weighted by atomic mass is 15.2. The lowest BCUT2D eigenvalue weighted by molar-refractivity contribution is 0.192. The molecule has 0 unspecified atom stereocenters. The summed E-state index contributed by atoms with van der Waals surface area (Å²) in [5, 5.41) is 8.09. The Kier molecular flexibility index (Phi) is 3.05. The zero-order valence-corrected chi connectivity index (χ0v) is 9.45. The highest BCUT2D eigenvalue weighted by Gasteiger charge is 2.32. The molecule has 1 aliphatic rings. The maximum atomic E-state index is 5.95. The quantitative estimate of drug-likeness (QED) is 0.813. The first-order valence-electron chi connectivity index (χ1n) is 5.79. The molecule has 1 fully saturated rings. The van der Waals surface area contributed by atoms with E-state index in [1.807, 2.05) is 11.6 Å². The Hall–Kier alpha value is -0.900. The predicted molar refractivity (Wildman–Crippen MR) is 59.3 cm³/mol. The van der Waals surface area contributed by atoms with Crippen LogP contribution in [0, 0.1) is 5.41 Å². The molecule has 1 heterocycles. The second-order valence-corrected chi connectivity index (χ2v) is 4.80. The van der Waals surface area contributed by atoms with E-state index >= 15 is 0 Å². The maximum Gasteiger partial charge on any atom is 0.133 e. The molecule has 2 N–H and O–H groups in total. The summed E-state index contributed by atoms with van der Waals surface area (Å²) in [4.78, 5) is 0. The van der Waals surface area contributed by atoms with E-state index in [-0.39, 0.29) is 0 Å². The molecular weight excluding hydrogens is 188 g/mol. The van der Waals surface area contributed by atoms with Crippen molar-refractivity contribution in [3.63, 3.8) is 0 Å². The Morgan fingerprint density at radius 3 is 2.67 bits per heavy atom. The van der Waals surface area contributed by atoms with Gasteiger partial charge in [-0.15, -0.1) is 10.2 Å². The van der Waals surface area contributed by atoms with Gasteiger partial charge in [-0.05, 0) is 24.8 Å². The number of aryl methyl sites for hydroxylation is 1. The Bertz CT molecular complexity index is 312. The van der Waals surface area contributed by atoms with E-state index < -0.39 is 0 Å². The van der Waals surface area contributed by atoms with Crippen molar-refractivity contribution < 1.29 is 0 Å². The van der Waals surface area contributed by atoms with Crippen molar-refractivity contribution in [2.45, 2.75) is 38.5 Å². The summed E-state index contributed by atoms with van der Waals surface area (Å²) in [5.74, 6) is 1.07. The van der Waals surface area contributed by atoms with Crippen LogP contribution in [-0.4, -0.2) is 21.3 Å². The van der Waals surface area contributed by atoms with Gasteiger partial charge in [-0.25, -0.2) is 0 Å². The first-order chi connectivity index (χ1) is 7.26. The molecular formula is C11H20N4. The van der Waals surface area contributed by atoms with Crippen LogP contribution in [-0.2, 0) is 13.5 Å². The zero-order chi connectivity index (χ0) is 10.7. The van der Waals surface area contributed by atoms with Gasteiger partial charge in [0.15, 0.2) is 0 Å². The highest BCUT2D eigenvalue weighted by molar-refractivity contribution is 4.96. The zero-order valence-electron chi connectivity index (χ0n) is 9.45. The number of aromatic nitrogens is 3. The fourth-order valence-electron chi connectivity index (χ4n) is 2.56. The standard InChI is InChI=1S/C11H20N4/c1-15-9-13-14-10(15)7-11(8-12)5-3-2-4-6-11/h9H,2-8,12H2,1H3. The third-order valence-electron chi connectivity index (χ3n) is 3.69. The number of nitrogens with zero attached hydrogens (tertiary/aromatic N) is 3. The minimum Gasteiger partial charge on any atom is -0.330 e. The van der Waals surface area contributed by atoms with Crippen LogP contribution in [0.2, 0.25) is 0 Å². The van der Waals surface area contributed by atoms with Crippen molar-refractivity contribution in [1.82, 2.24) is 14.8 Å². The average molecular weight is 208 g/mol. The molecule has 1 saturated carbocycles. The van der Waals surface area contributed by atoms with E-state index in [1.165, 1.54) is 32.1 Å². The molecule has 1 aromatic heterocycles. The van der Waals surface area contributed by atoms with E-state index in [0.717, 1.165) is 18.8 Å². The van der Waals surface area contributed by atoms with Crippen molar-refractivity contribution >= 4 is 0 Å². The normalized spacial score (nSPS) is 20.4. The fraction of sp³-hybridized carbons (Fsp3) is 0.818. The summed E-state index contributed by atoms with van der Waals surface area (Å²) in [6, 6.07) is 0. The van der Waals surface area contributed by atoms with Crippen LogP contribution in [0.5, 0.6) is 0 Å². The number of hydrogen-bond acceptors (Lipinski definition) is 3. The molecule has 0 spiro atoms. The van der Waals surface area contributed by atoms with Gasteiger partial charge in [-0.3, -0.25) is 0 Å². The van der Waals surface area contributed by atoms with Gasteiger partial charge < -0.3 is 10.3 Å². The van der Waals surface area contributed by atoms with Gasteiger partial charge in [0.05, 0.1) is 0 Å². The van der Waals surface area contributed by atoms with Crippen molar-refractivity contribution in [3.8, 4) is 0 Å². The van der Waals surface area contributed by atoms with E-state index in [4.69, 9.17) is 5.73 Å². The summed E-state index contributed by atoms with van der Waals surface area (Å²) in [5.41, 5.74) is 6.24. The SMILES string of the molecule is Cn1cnnc1CC1(CN)CCCCC1. The summed E-state index contributed by atoms with van der Waals surface area (Å²) in [7, 11) is 2.00. The molecule has 0 amide bonds. The largest absolute Gasteiger partial charge is 0.330 e. The molecule has 0 atom stereocenters. The average Bonchev–Trinajstić information content (AvgIpc) is 2.66. The van der Waals surface area contributed by atoms with Gasteiger partial charge in [0.2, 0.25) is 0 Å². The summed E-state index contributed by atoms with van der Waals surface area (Å²) in [6.45, 7) is 0.778. The van der Waals surface area contributed by atoms with Crippen LogP contribution in [0.15, 0.2) is 6.33 Å². The van der Waals surface area contributed by atoms with Crippen LogP contribution in [0.25, 0.3) is 0 Å². The fourth-order valence-corrected chi connectivity index (χ4v) is 2.56. The minimum atomic E-state index is 0.291. The second-order valence-electron chi connectivity index (χ2n) is 4.80. The number of hydrogen-bond donors (Lipinski definition) is 1. The molecule has 0 bridgehead atoms. The maximum absolute atomic E-state index is 5.95. The summed E-state index contributed by atoms with van der Waals surface area (Å²) >= 11 is 0. The lowest BCUT2D eigenvalue weighted by Gasteiger charge is -2.35. The molecule has 4 nitrogen and oxygen atoms in total. The molecule has 15 heavy (non-hydrogen) atoms. The van der Waals surface area contributed by atoms with Gasteiger partial charge in [0, 0.05) is 13.5 Å². The van der Waals surface area contributed by atoms with Gasteiger partial charge in [-0.2, -0.15) is 0 Å². The number of nitrogens with two attached hydrogens (primary N) is 1. The van der Waals surface area contributed by atoms with Crippen LogP contribution in [0.1, 0.15) is 37.9 Å². The Labute approximate surface area is 90.9 Å². The second kappa shape index (κ2) is 4.31. The van der Waals surface area contributed by atoms with Crippen molar-refractivity contribution in [2.75, 3.05) is 6.54 Å². The smallest absolute Gasteiger partial charge is 0.133 e. The van der Waals surface area contributed by atoms with E-state index in [1.54, 1.807) is 6.33 Å². The Morgan fingerprint density at radius 1 is 1.40 bits per heavy atom. The third-order valence-corrected chi connectivity index (χ3v) is 3.69. The van der Waals surface area contributed by atoms with E-state index in [9.17, 15) is 0 Å². The predicted octanol–water partition coefficient (Wildman–Crippen LogP) is 1.27. The summed E-state index contributed by atoms with van der Waals surface area (Å²) in [6.07, 6.45) is 9.24. The van der Waals surface area contributed by atoms with Gasteiger partial charge in [-0.1, -0.05) is 19.3 Å². The van der Waals surface area contributed by atoms with Gasteiger partial charge >= 0.3 is 0 Å². The first-order valence-corrected chi connectivity index (χ1v) is 5.79. The van der Waals surface area contributed by atoms with Crippen molar-refractivity contribution in [1.29, 1.82) is 0 Å². The van der Waals surface area contributed by atoms with Crippen LogP contribution < -0.4 is 5.73 Å². The van der Waals surface area contributed by atoms with Crippen molar-refractivity contribution in [3.05, 3.63) is 12.2 Å². The highest BCUT2D eigenvalue weighted by Crippen LogP contribution is 2.37. The van der Waals surface area contributed by atoms with E-state index in [2.05, 4.69) is 10.2 Å². The van der Waals surface area contributed by atoms with Gasteiger partial charge in [0.1, 0.15) is 12.2 Å². The van der Waals surface area contributed by atoms with Crippen molar-refractivity contribution in [2.24, 2.45) is 18.2 Å². The molecule has 0 aliphatic heterocycles. The third kappa shape index (κ3) is 2.20. The summed E-state index contributed by atoms with van der Waals surface area (Å²) < 4.78 is 2.01. The lowest BCUT2D eigenvalue weighted by atomic mass is 9.72. The van der Waals surface area contributed by atoms with Crippen LogP contribution in [0.4, 0.5) is 0 Å². The first kappa shape index (κ1) is 10.6. The van der Waals surface area contributed by atoms with E-state index in [0.29, 0.717) is 5.41 Å². The monoisotopic (exact) mass is 208 g/mol. The van der Waals surface area contributed by atoms with Crippen LogP contribution in [0.3, 0.4) is 0 Å². The lowest BCUT2D eigenvalue weighted by Crippen LogP contribution is -2.35. The molecule has 4 heteroatoms. The molecule has 84 valence electrons. The molecule has 0 radical (unpaired) electrons.